The van der Waals surface area contributed by atoms with Crippen molar-refractivity contribution in [2.45, 2.75) is 6.54 Å². The zero-order valence-electron chi connectivity index (χ0n) is 16.0. The second-order valence-electron chi connectivity index (χ2n) is 6.19. The predicted octanol–water partition coefficient (Wildman–Crippen LogP) is 3.67. The number of benzene rings is 2. The molecule has 0 fully saturated rings. The number of halogens is 1. The number of anilines is 1. The zero-order valence-corrected chi connectivity index (χ0v) is 16.7. The van der Waals surface area contributed by atoms with Crippen molar-refractivity contribution < 1.29 is 0 Å². The maximum absolute atomic E-state index is 8.93. The lowest BCUT2D eigenvalue weighted by Gasteiger charge is -2.13. The van der Waals surface area contributed by atoms with Gasteiger partial charge in [-0.05, 0) is 48.0 Å². The summed E-state index contributed by atoms with van der Waals surface area (Å²) >= 11 is 6.41. The SMILES string of the molecule is N#Cc1ccc(NCc2cc3nc(C(N=N)=NN)cc(Cl)c3cc2C(N=N)=NN)cc1. The number of aromatic nitrogens is 1. The molecule has 31 heavy (non-hydrogen) atoms. The van der Waals surface area contributed by atoms with Crippen LogP contribution in [0.5, 0.6) is 0 Å². The third kappa shape index (κ3) is 4.44. The van der Waals surface area contributed by atoms with Crippen molar-refractivity contribution in [1.82, 2.24) is 4.98 Å². The molecule has 0 radical (unpaired) electrons. The Hall–Kier alpha value is -4.43. The summed E-state index contributed by atoms with van der Waals surface area (Å²) in [5.41, 5.74) is 17.8. The molecular weight excluding hydrogens is 418 g/mol. The topological polar surface area (TPSA) is 198 Å². The molecule has 0 saturated heterocycles. The van der Waals surface area contributed by atoms with E-state index >= 15 is 0 Å². The van der Waals surface area contributed by atoms with E-state index in [4.69, 9.17) is 39.6 Å². The number of nitrogens with two attached hydrogens (primary N) is 2. The highest BCUT2D eigenvalue weighted by Crippen LogP contribution is 2.28. The maximum Gasteiger partial charge on any atom is 0.218 e. The fourth-order valence-corrected chi connectivity index (χ4v) is 3.17. The molecule has 0 aliphatic carbocycles. The highest BCUT2D eigenvalue weighted by Gasteiger charge is 2.16. The van der Waals surface area contributed by atoms with Gasteiger partial charge in [0.25, 0.3) is 0 Å². The van der Waals surface area contributed by atoms with Crippen LogP contribution in [0.3, 0.4) is 0 Å². The average molecular weight is 434 g/mol. The Morgan fingerprint density at radius 1 is 1.06 bits per heavy atom. The highest BCUT2D eigenvalue weighted by atomic mass is 35.5. The molecule has 11 nitrogen and oxygen atoms in total. The van der Waals surface area contributed by atoms with Gasteiger partial charge in [-0.3, -0.25) is 0 Å². The molecule has 3 rings (SSSR count). The number of hydrogen-bond acceptors (Lipinski definition) is 9. The van der Waals surface area contributed by atoms with Gasteiger partial charge in [-0.1, -0.05) is 11.6 Å². The number of fused-ring (bicyclic) bond motifs is 1. The first kappa shape index (κ1) is 21.3. The van der Waals surface area contributed by atoms with E-state index in [1.165, 1.54) is 6.07 Å². The molecule has 0 aliphatic rings. The molecule has 154 valence electrons. The number of amidine groups is 2. The molecule has 0 bridgehead atoms. The summed E-state index contributed by atoms with van der Waals surface area (Å²) in [6.45, 7) is 0.315. The molecular formula is C19H16ClN11. The normalized spacial score (nSPS) is 11.7. The summed E-state index contributed by atoms with van der Waals surface area (Å²) in [6, 6.07) is 13.9. The monoisotopic (exact) mass is 433 g/mol. The van der Waals surface area contributed by atoms with E-state index in [1.54, 1.807) is 36.4 Å². The lowest BCUT2D eigenvalue weighted by molar-refractivity contribution is 1.10. The van der Waals surface area contributed by atoms with E-state index in [2.05, 4.69) is 36.8 Å². The van der Waals surface area contributed by atoms with Crippen molar-refractivity contribution in [3.63, 3.8) is 0 Å². The Bertz CT molecular complexity index is 1260. The van der Waals surface area contributed by atoms with Gasteiger partial charge in [0.1, 0.15) is 5.69 Å². The number of hydrazone groups is 2. The molecule has 2 aromatic carbocycles. The number of hydrogen-bond donors (Lipinski definition) is 5. The summed E-state index contributed by atoms with van der Waals surface area (Å²) in [6.07, 6.45) is 0. The molecule has 0 spiro atoms. The molecule has 0 unspecified atom stereocenters. The third-order valence-corrected chi connectivity index (χ3v) is 4.72. The van der Waals surface area contributed by atoms with Gasteiger partial charge in [-0.25, -0.2) is 16.0 Å². The predicted molar refractivity (Wildman–Crippen MR) is 117 cm³/mol. The zero-order chi connectivity index (χ0) is 22.4. The second-order valence-corrected chi connectivity index (χ2v) is 6.59. The van der Waals surface area contributed by atoms with Crippen LogP contribution < -0.4 is 17.0 Å². The van der Waals surface area contributed by atoms with Crippen molar-refractivity contribution in [3.8, 4) is 6.07 Å². The lowest BCUT2D eigenvalue weighted by Crippen LogP contribution is -2.10. The van der Waals surface area contributed by atoms with Crippen LogP contribution in [0.1, 0.15) is 22.4 Å². The first-order valence-corrected chi connectivity index (χ1v) is 9.11. The first-order chi connectivity index (χ1) is 15.0. The van der Waals surface area contributed by atoms with E-state index in [9.17, 15) is 0 Å². The van der Waals surface area contributed by atoms with E-state index in [1.807, 2.05) is 0 Å². The van der Waals surface area contributed by atoms with Gasteiger partial charge in [-0.15, -0.1) is 10.2 Å². The minimum absolute atomic E-state index is 0.0176. The van der Waals surface area contributed by atoms with Crippen LogP contribution in [-0.4, -0.2) is 16.7 Å². The van der Waals surface area contributed by atoms with Crippen LogP contribution in [0.2, 0.25) is 5.02 Å². The Balaban J connectivity index is 2.11. The Labute approximate surface area is 181 Å². The van der Waals surface area contributed by atoms with Gasteiger partial charge in [0, 0.05) is 23.2 Å². The second kappa shape index (κ2) is 9.38. The van der Waals surface area contributed by atoms with Crippen LogP contribution in [0, 0.1) is 22.4 Å². The summed E-state index contributed by atoms with van der Waals surface area (Å²) < 4.78 is 0. The molecule has 0 saturated carbocycles. The van der Waals surface area contributed by atoms with Gasteiger partial charge in [0.05, 0.1) is 22.2 Å². The maximum atomic E-state index is 8.93. The number of nitrogens with one attached hydrogen (secondary N) is 3. The molecule has 7 N–H and O–H groups in total. The fraction of sp³-hybridized carbons (Fsp3) is 0.0526. The summed E-state index contributed by atoms with van der Waals surface area (Å²) in [5, 5.41) is 26.7. The Kier molecular flexibility index (Phi) is 6.44. The molecule has 3 aromatic rings. The smallest absolute Gasteiger partial charge is 0.218 e. The van der Waals surface area contributed by atoms with Crippen LogP contribution in [0.4, 0.5) is 5.69 Å². The average Bonchev–Trinajstić information content (AvgIpc) is 2.80. The summed E-state index contributed by atoms with van der Waals surface area (Å²) in [5.74, 6) is 10.6. The quantitative estimate of drug-likeness (QED) is 0.134. The van der Waals surface area contributed by atoms with E-state index in [-0.39, 0.29) is 17.4 Å². The minimum atomic E-state index is -0.0736. The third-order valence-electron chi connectivity index (χ3n) is 4.41. The number of rotatable bonds is 5. The van der Waals surface area contributed by atoms with Crippen LogP contribution in [0.25, 0.3) is 10.9 Å². The number of nitriles is 1. The molecule has 0 aliphatic heterocycles. The number of pyridine rings is 1. The molecule has 1 aromatic heterocycles. The van der Waals surface area contributed by atoms with Crippen LogP contribution >= 0.6 is 11.6 Å². The number of nitrogens with zero attached hydrogens (tertiary/aromatic N) is 6. The first-order valence-electron chi connectivity index (χ1n) is 8.73. The van der Waals surface area contributed by atoms with E-state index in [0.29, 0.717) is 39.2 Å². The van der Waals surface area contributed by atoms with Gasteiger partial charge in [0.15, 0.2) is 5.84 Å². The van der Waals surface area contributed by atoms with Crippen molar-refractivity contribution in [1.29, 1.82) is 16.3 Å². The van der Waals surface area contributed by atoms with Gasteiger partial charge in [0.2, 0.25) is 5.84 Å². The Morgan fingerprint density at radius 2 is 1.74 bits per heavy atom. The standard InChI is InChI=1S/C19H16ClN11/c20-15-7-17(19(30-24)31-25)27-16-5-11(13(6-14(15)16)18(28-22)29-23)9-26-12-3-1-10(8-21)2-4-12/h1-7,22,24,26H,9,23,25H2. The van der Waals surface area contributed by atoms with Crippen molar-refractivity contribution in [3.05, 3.63) is 69.9 Å². The molecule has 0 atom stereocenters. The van der Waals surface area contributed by atoms with Gasteiger partial charge in [-0.2, -0.15) is 15.5 Å². The molecule has 12 heteroatoms. The minimum Gasteiger partial charge on any atom is -0.381 e. The lowest BCUT2D eigenvalue weighted by atomic mass is 10.0. The van der Waals surface area contributed by atoms with Gasteiger partial charge < -0.3 is 17.0 Å². The van der Waals surface area contributed by atoms with Crippen molar-refractivity contribution >= 4 is 39.9 Å². The largest absolute Gasteiger partial charge is 0.381 e. The molecule has 0 amide bonds. The Morgan fingerprint density at radius 3 is 2.32 bits per heavy atom. The molecule has 1 heterocycles. The van der Waals surface area contributed by atoms with E-state index < -0.39 is 0 Å². The van der Waals surface area contributed by atoms with Crippen molar-refractivity contribution in [2.24, 2.45) is 32.1 Å². The van der Waals surface area contributed by atoms with Crippen LogP contribution in [0.15, 0.2) is 62.9 Å². The van der Waals surface area contributed by atoms with Crippen LogP contribution in [-0.2, 0) is 6.54 Å². The van der Waals surface area contributed by atoms with Crippen molar-refractivity contribution in [2.75, 3.05) is 5.32 Å². The summed E-state index contributed by atoms with van der Waals surface area (Å²) in [4.78, 5) is 4.45. The van der Waals surface area contributed by atoms with Gasteiger partial charge >= 0.3 is 0 Å². The fourth-order valence-electron chi connectivity index (χ4n) is 2.91. The van der Waals surface area contributed by atoms with E-state index in [0.717, 1.165) is 5.69 Å². The summed E-state index contributed by atoms with van der Waals surface area (Å²) in [7, 11) is 0. The highest BCUT2D eigenvalue weighted by molar-refractivity contribution is 6.36.